The van der Waals surface area contributed by atoms with E-state index in [1.165, 1.54) is 27.8 Å². The summed E-state index contributed by atoms with van der Waals surface area (Å²) in [5.74, 6) is -0.739. The second-order valence-corrected chi connectivity index (χ2v) is 13.8. The molecule has 0 atom stereocenters. The molecule has 0 spiro atoms. The number of carbonyl (C=O) groups excluding carboxylic acids is 1. The summed E-state index contributed by atoms with van der Waals surface area (Å²) in [4.78, 5) is 17.4. The van der Waals surface area contributed by atoms with Gasteiger partial charge in [-0.15, -0.1) is 11.3 Å². The van der Waals surface area contributed by atoms with E-state index in [0.29, 0.717) is 18.5 Å². The Hall–Kier alpha value is -2.67. The van der Waals surface area contributed by atoms with Crippen LogP contribution in [0.25, 0.3) is 11.1 Å². The number of thiazole rings is 1. The fourth-order valence-electron chi connectivity index (χ4n) is 3.97. The summed E-state index contributed by atoms with van der Waals surface area (Å²) in [5.41, 5.74) is 2.34. The van der Waals surface area contributed by atoms with Gasteiger partial charge in [0.15, 0.2) is 14.9 Å². The highest BCUT2D eigenvalue weighted by atomic mass is 32.3. The molecule has 2 heterocycles. The van der Waals surface area contributed by atoms with Crippen LogP contribution in [0.3, 0.4) is 0 Å². The van der Waals surface area contributed by atoms with Crippen molar-refractivity contribution in [2.45, 2.75) is 18.8 Å². The van der Waals surface area contributed by atoms with Crippen LogP contribution in [-0.2, 0) is 19.9 Å². The Bertz CT molecular complexity index is 1430. The number of nitrogens with one attached hydrogen (secondary N) is 1. The fraction of sp³-hybridized carbons (Fsp3) is 0.304. The molecule has 1 N–H and O–H groups in total. The molecule has 2 aromatic carbocycles. The molecule has 8 nitrogen and oxygen atoms in total. The fourth-order valence-corrected chi connectivity index (χ4v) is 8.46. The second kappa shape index (κ2) is 10.1. The van der Waals surface area contributed by atoms with Gasteiger partial charge < -0.3 is 5.32 Å². The van der Waals surface area contributed by atoms with Crippen molar-refractivity contribution in [1.82, 2.24) is 9.29 Å². The van der Waals surface area contributed by atoms with E-state index < -0.39 is 24.9 Å². The molecule has 0 aliphatic carbocycles. The maximum Gasteiger partial charge on any atom is 0.275 e. The molecule has 3 aromatic rings. The first-order chi connectivity index (χ1) is 16.5. The lowest BCUT2D eigenvalue weighted by molar-refractivity contribution is 0.102. The van der Waals surface area contributed by atoms with Crippen molar-refractivity contribution in [3.63, 3.8) is 0 Å². The second-order valence-electron chi connectivity index (χ2n) is 8.41. The lowest BCUT2D eigenvalue weighted by Gasteiger charge is -2.30. The van der Waals surface area contributed by atoms with Crippen LogP contribution in [0, 0.1) is 5.82 Å². The van der Waals surface area contributed by atoms with Crippen LogP contribution >= 0.6 is 11.3 Å². The number of rotatable bonds is 7. The standard InChI is InChI=1S/C23H24FN3O5S3/c1-34(29,30)15-35(31,32)27-12-10-17(11-13-27)23-26-21(14-33-23)22(28)25-20-5-3-2-4-19(20)16-6-8-18(24)9-7-16/h2-9,14,17H,10-13,15H2,1H3,(H,25,28). The Morgan fingerprint density at radius 1 is 1.09 bits per heavy atom. The van der Waals surface area contributed by atoms with E-state index in [-0.39, 0.29) is 36.4 Å². The zero-order valence-electron chi connectivity index (χ0n) is 18.8. The van der Waals surface area contributed by atoms with Crippen molar-refractivity contribution in [2.24, 2.45) is 0 Å². The minimum absolute atomic E-state index is 0.0160. The summed E-state index contributed by atoms with van der Waals surface area (Å²) in [6, 6.07) is 13.2. The number of benzene rings is 2. The topological polar surface area (TPSA) is 114 Å². The monoisotopic (exact) mass is 537 g/mol. The van der Waals surface area contributed by atoms with Gasteiger partial charge in [-0.1, -0.05) is 30.3 Å². The van der Waals surface area contributed by atoms with E-state index in [1.54, 1.807) is 29.6 Å². The number of carbonyl (C=O) groups is 1. The lowest BCUT2D eigenvalue weighted by Crippen LogP contribution is -2.40. The van der Waals surface area contributed by atoms with Crippen molar-refractivity contribution in [3.8, 4) is 11.1 Å². The predicted molar refractivity (Wildman–Crippen MR) is 134 cm³/mol. The third-order valence-corrected chi connectivity index (χ3v) is 10.7. The first-order valence-electron chi connectivity index (χ1n) is 10.8. The van der Waals surface area contributed by atoms with Crippen LogP contribution in [-0.4, -0.2) is 56.5 Å². The average Bonchev–Trinajstić information content (AvgIpc) is 3.29. The normalized spacial score (nSPS) is 15.7. The number of aromatic nitrogens is 1. The molecule has 1 aliphatic rings. The van der Waals surface area contributed by atoms with Crippen molar-refractivity contribution >= 4 is 42.8 Å². The summed E-state index contributed by atoms with van der Waals surface area (Å²) in [6.07, 6.45) is 1.88. The number of sulfonamides is 1. The SMILES string of the molecule is CS(=O)(=O)CS(=O)(=O)N1CCC(c2nc(C(=O)Nc3ccccc3-c3ccc(F)cc3)cs2)CC1. The highest BCUT2D eigenvalue weighted by Gasteiger charge is 2.32. The van der Waals surface area contributed by atoms with E-state index in [2.05, 4.69) is 10.3 Å². The molecule has 1 fully saturated rings. The van der Waals surface area contributed by atoms with E-state index in [1.807, 2.05) is 12.1 Å². The summed E-state index contributed by atoms with van der Waals surface area (Å²) in [5, 5.41) is 4.38. The van der Waals surface area contributed by atoms with Crippen LogP contribution in [0.2, 0.25) is 0 Å². The molecular weight excluding hydrogens is 513 g/mol. The first kappa shape index (κ1) is 25.4. The zero-order valence-corrected chi connectivity index (χ0v) is 21.3. The van der Waals surface area contributed by atoms with Gasteiger partial charge >= 0.3 is 0 Å². The Morgan fingerprint density at radius 2 is 1.74 bits per heavy atom. The number of amides is 1. The van der Waals surface area contributed by atoms with Crippen molar-refractivity contribution in [1.29, 1.82) is 0 Å². The highest BCUT2D eigenvalue weighted by Crippen LogP contribution is 2.32. The zero-order chi connectivity index (χ0) is 25.2. The Labute approximate surface area is 207 Å². The van der Waals surface area contributed by atoms with Crippen molar-refractivity contribution in [3.05, 3.63) is 70.4 Å². The maximum absolute atomic E-state index is 13.3. The third kappa shape index (κ3) is 6.31. The van der Waals surface area contributed by atoms with E-state index in [4.69, 9.17) is 0 Å². The third-order valence-electron chi connectivity index (χ3n) is 5.64. The van der Waals surface area contributed by atoms with E-state index in [9.17, 15) is 26.0 Å². The van der Waals surface area contributed by atoms with Gasteiger partial charge in [0.05, 0.1) is 5.01 Å². The van der Waals surface area contributed by atoms with Gasteiger partial charge in [-0.05, 0) is 36.6 Å². The molecular formula is C23H24FN3O5S3. The molecule has 1 aromatic heterocycles. The maximum atomic E-state index is 13.3. The van der Waals surface area contributed by atoms with Crippen LogP contribution in [0.4, 0.5) is 10.1 Å². The van der Waals surface area contributed by atoms with Crippen LogP contribution < -0.4 is 5.32 Å². The molecule has 1 saturated heterocycles. The average molecular weight is 538 g/mol. The smallest absolute Gasteiger partial charge is 0.275 e. The van der Waals surface area contributed by atoms with Crippen molar-refractivity contribution in [2.75, 3.05) is 29.7 Å². The van der Waals surface area contributed by atoms with Crippen LogP contribution in [0.5, 0.6) is 0 Å². The summed E-state index contributed by atoms with van der Waals surface area (Å²) < 4.78 is 62.0. The quantitative estimate of drug-likeness (QED) is 0.492. The molecule has 1 amide bonds. The van der Waals surface area contributed by atoms with Gasteiger partial charge in [-0.2, -0.15) is 0 Å². The van der Waals surface area contributed by atoms with Gasteiger partial charge in [-0.3, -0.25) is 4.79 Å². The molecule has 0 bridgehead atoms. The summed E-state index contributed by atoms with van der Waals surface area (Å²) in [7, 11) is -7.53. The number of sulfone groups is 1. The lowest BCUT2D eigenvalue weighted by atomic mass is 9.99. The van der Waals surface area contributed by atoms with E-state index in [0.717, 1.165) is 22.4 Å². The van der Waals surface area contributed by atoms with Crippen molar-refractivity contribution < 1.29 is 26.0 Å². The number of piperidine rings is 1. The van der Waals surface area contributed by atoms with Gasteiger partial charge in [0, 0.05) is 41.9 Å². The van der Waals surface area contributed by atoms with Gasteiger partial charge in [-0.25, -0.2) is 30.5 Å². The number of nitrogens with zero attached hydrogens (tertiary/aromatic N) is 2. The number of para-hydroxylation sites is 1. The molecule has 0 unspecified atom stereocenters. The Kier molecular flexibility index (Phi) is 7.36. The number of halogens is 1. The molecule has 1 aliphatic heterocycles. The predicted octanol–water partition coefficient (Wildman–Crippen LogP) is 3.71. The largest absolute Gasteiger partial charge is 0.320 e. The molecule has 186 valence electrons. The molecule has 35 heavy (non-hydrogen) atoms. The van der Waals surface area contributed by atoms with Crippen LogP contribution in [0.15, 0.2) is 53.9 Å². The molecule has 12 heteroatoms. The minimum Gasteiger partial charge on any atom is -0.320 e. The number of hydrogen-bond donors (Lipinski definition) is 1. The van der Waals surface area contributed by atoms with Gasteiger partial charge in [0.1, 0.15) is 11.5 Å². The van der Waals surface area contributed by atoms with Gasteiger partial charge in [0.2, 0.25) is 10.0 Å². The Morgan fingerprint density at radius 3 is 2.40 bits per heavy atom. The molecule has 4 rings (SSSR count). The minimum atomic E-state index is -3.88. The molecule has 0 saturated carbocycles. The highest BCUT2D eigenvalue weighted by molar-refractivity contribution is 8.06. The van der Waals surface area contributed by atoms with Crippen LogP contribution in [0.1, 0.15) is 34.3 Å². The van der Waals surface area contributed by atoms with E-state index >= 15 is 0 Å². The number of anilines is 1. The Balaban J connectivity index is 1.42. The summed E-state index contributed by atoms with van der Waals surface area (Å²) >= 11 is 1.34. The molecule has 0 radical (unpaired) electrons. The van der Waals surface area contributed by atoms with Gasteiger partial charge in [0.25, 0.3) is 5.91 Å². The first-order valence-corrected chi connectivity index (χ1v) is 15.3. The number of hydrogen-bond acceptors (Lipinski definition) is 7. The summed E-state index contributed by atoms with van der Waals surface area (Å²) in [6.45, 7) is 0.406.